The van der Waals surface area contributed by atoms with Crippen molar-refractivity contribution in [1.82, 2.24) is 0 Å². The lowest BCUT2D eigenvalue weighted by Gasteiger charge is -2.22. The van der Waals surface area contributed by atoms with Gasteiger partial charge in [0.2, 0.25) is 11.5 Å². The van der Waals surface area contributed by atoms with E-state index in [1.807, 2.05) is 0 Å². The second kappa shape index (κ2) is 6.95. The minimum atomic E-state index is -1.01. The van der Waals surface area contributed by atoms with Gasteiger partial charge < -0.3 is 9.78 Å². The van der Waals surface area contributed by atoms with Crippen molar-refractivity contribution in [2.75, 3.05) is 0 Å². The van der Waals surface area contributed by atoms with Crippen LogP contribution < -0.4 is 9.78 Å². The van der Waals surface area contributed by atoms with Crippen molar-refractivity contribution in [3.63, 3.8) is 0 Å². The molecule has 22 heavy (non-hydrogen) atoms. The van der Waals surface area contributed by atoms with Crippen LogP contribution in [0.1, 0.15) is 51.9 Å². The first-order chi connectivity index (χ1) is 10.0. The topological polar surface area (TPSA) is 83.5 Å². The number of rotatable bonds is 5. The van der Waals surface area contributed by atoms with Crippen molar-refractivity contribution in [1.29, 1.82) is 0 Å². The molecule has 0 atom stereocenters. The quantitative estimate of drug-likeness (QED) is 0.657. The van der Waals surface area contributed by atoms with Gasteiger partial charge in [-0.05, 0) is 53.7 Å². The van der Waals surface area contributed by atoms with E-state index in [1.165, 1.54) is 18.2 Å². The Balaban J connectivity index is 3.10. The van der Waals surface area contributed by atoms with Crippen LogP contribution in [0.4, 0.5) is 0 Å². The van der Waals surface area contributed by atoms with Crippen LogP contribution in [-0.2, 0) is 14.7 Å². The summed E-state index contributed by atoms with van der Waals surface area (Å²) < 4.78 is 0. The molecule has 1 aromatic carbocycles. The fraction of sp³-hybridized carbons (Fsp3) is 0.533. The van der Waals surface area contributed by atoms with Crippen molar-refractivity contribution >= 4 is 5.97 Å². The maximum absolute atomic E-state index is 11.6. The largest absolute Gasteiger partial charge is 0.376 e. The molecule has 0 unspecified atom stereocenters. The van der Waals surface area contributed by atoms with Crippen LogP contribution in [0.3, 0.4) is 0 Å². The molecule has 0 saturated carbocycles. The number of benzene rings is 1. The first kappa shape index (κ1) is 18.2. The van der Waals surface area contributed by atoms with E-state index in [2.05, 4.69) is 4.89 Å². The van der Waals surface area contributed by atoms with Crippen LogP contribution in [0.25, 0.3) is 0 Å². The summed E-state index contributed by atoms with van der Waals surface area (Å²) in [5, 5.41) is 8.57. The SMILES string of the molecule is CC(C)(C)OOc1cccc(C(=O)OO)c1OOC(C)(C)C. The Hall–Kier alpha value is -1.83. The van der Waals surface area contributed by atoms with Crippen LogP contribution in [0, 0.1) is 0 Å². The first-order valence-corrected chi connectivity index (χ1v) is 6.73. The molecule has 1 rings (SSSR count). The third-order valence-electron chi connectivity index (χ3n) is 2.04. The predicted molar refractivity (Wildman–Crippen MR) is 77.4 cm³/mol. The van der Waals surface area contributed by atoms with Gasteiger partial charge in [-0.1, -0.05) is 6.07 Å². The molecule has 7 heteroatoms. The van der Waals surface area contributed by atoms with Crippen LogP contribution >= 0.6 is 0 Å². The van der Waals surface area contributed by atoms with E-state index < -0.39 is 17.2 Å². The van der Waals surface area contributed by atoms with Gasteiger partial charge in [-0.25, -0.2) is 4.79 Å². The van der Waals surface area contributed by atoms with Gasteiger partial charge in [-0.15, -0.1) is 0 Å². The first-order valence-electron chi connectivity index (χ1n) is 6.73. The average Bonchev–Trinajstić information content (AvgIpc) is 2.40. The lowest BCUT2D eigenvalue weighted by atomic mass is 10.2. The highest BCUT2D eigenvalue weighted by Gasteiger charge is 2.24. The molecule has 124 valence electrons. The van der Waals surface area contributed by atoms with Crippen molar-refractivity contribution in [2.24, 2.45) is 0 Å². The fourth-order valence-corrected chi connectivity index (χ4v) is 1.21. The molecule has 0 spiro atoms. The highest BCUT2D eigenvalue weighted by molar-refractivity contribution is 5.93. The van der Waals surface area contributed by atoms with E-state index >= 15 is 0 Å². The molecule has 0 aliphatic carbocycles. The standard InChI is InChI=1S/C15H22O7/c1-14(2,3)21-19-11-9-7-8-10(13(16)18-17)12(11)20-22-15(4,5)6/h7-9,17H,1-6H3. The molecule has 0 heterocycles. The fourth-order valence-electron chi connectivity index (χ4n) is 1.21. The molecule has 1 aromatic rings. The van der Waals surface area contributed by atoms with Crippen LogP contribution in [0.5, 0.6) is 11.5 Å². The second-order valence-corrected chi connectivity index (χ2v) is 6.57. The van der Waals surface area contributed by atoms with Crippen molar-refractivity contribution in [2.45, 2.75) is 52.7 Å². The summed E-state index contributed by atoms with van der Waals surface area (Å²) in [5.41, 5.74) is -1.27. The Labute approximate surface area is 129 Å². The Bertz CT molecular complexity index is 512. The van der Waals surface area contributed by atoms with Crippen molar-refractivity contribution in [3.8, 4) is 11.5 Å². The molecule has 0 fully saturated rings. The maximum atomic E-state index is 11.6. The maximum Gasteiger partial charge on any atom is 0.376 e. The lowest BCUT2D eigenvalue weighted by Crippen LogP contribution is -2.24. The molecule has 1 N–H and O–H groups in total. The summed E-state index contributed by atoms with van der Waals surface area (Å²) in [5.74, 6) is -0.948. The lowest BCUT2D eigenvalue weighted by molar-refractivity contribution is -0.292. The highest BCUT2D eigenvalue weighted by atomic mass is 17.2. The zero-order chi connectivity index (χ0) is 17.0. The van der Waals surface area contributed by atoms with Gasteiger partial charge in [0.15, 0.2) is 0 Å². The highest BCUT2D eigenvalue weighted by Crippen LogP contribution is 2.34. The Morgan fingerprint density at radius 2 is 1.50 bits per heavy atom. The van der Waals surface area contributed by atoms with Gasteiger partial charge >= 0.3 is 5.97 Å². The van der Waals surface area contributed by atoms with Crippen LogP contribution in [-0.4, -0.2) is 22.4 Å². The molecule has 7 nitrogen and oxygen atoms in total. The summed E-state index contributed by atoms with van der Waals surface area (Å²) in [4.78, 5) is 36.2. The molecule has 0 amide bonds. The van der Waals surface area contributed by atoms with Crippen molar-refractivity contribution in [3.05, 3.63) is 23.8 Å². The van der Waals surface area contributed by atoms with Gasteiger partial charge in [-0.3, -0.25) is 4.89 Å². The molecule has 0 aromatic heterocycles. The number of hydrogen-bond acceptors (Lipinski definition) is 7. The van der Waals surface area contributed by atoms with Gasteiger partial charge in [0.1, 0.15) is 16.8 Å². The second-order valence-electron chi connectivity index (χ2n) is 6.57. The third kappa shape index (κ3) is 5.88. The van der Waals surface area contributed by atoms with E-state index in [4.69, 9.17) is 24.8 Å². The number of hydrogen-bond donors (Lipinski definition) is 1. The summed E-state index contributed by atoms with van der Waals surface area (Å²) in [7, 11) is 0. The molecule has 0 saturated heterocycles. The molecule has 0 aliphatic rings. The van der Waals surface area contributed by atoms with E-state index in [9.17, 15) is 4.79 Å². The minimum Gasteiger partial charge on any atom is -0.333 e. The van der Waals surface area contributed by atoms with E-state index in [-0.39, 0.29) is 17.1 Å². The monoisotopic (exact) mass is 314 g/mol. The Morgan fingerprint density at radius 1 is 0.955 bits per heavy atom. The molecular weight excluding hydrogens is 292 g/mol. The number of para-hydroxylation sites is 1. The zero-order valence-electron chi connectivity index (χ0n) is 13.6. The zero-order valence-corrected chi connectivity index (χ0v) is 13.6. The van der Waals surface area contributed by atoms with Crippen LogP contribution in [0.2, 0.25) is 0 Å². The normalized spacial score (nSPS) is 12.0. The average molecular weight is 314 g/mol. The minimum absolute atomic E-state index is 0.0549. The summed E-state index contributed by atoms with van der Waals surface area (Å²) in [6.45, 7) is 10.7. The van der Waals surface area contributed by atoms with E-state index in [1.54, 1.807) is 41.5 Å². The molecule has 0 aliphatic heterocycles. The van der Waals surface area contributed by atoms with E-state index in [0.717, 1.165) is 0 Å². The summed E-state index contributed by atoms with van der Waals surface area (Å²) in [6, 6.07) is 4.45. The Kier molecular flexibility index (Phi) is 5.76. The number of carbonyl (C=O) groups excluding carboxylic acids is 1. The predicted octanol–water partition coefficient (Wildman–Crippen LogP) is 3.53. The smallest absolute Gasteiger partial charge is 0.333 e. The third-order valence-corrected chi connectivity index (χ3v) is 2.04. The van der Waals surface area contributed by atoms with Crippen molar-refractivity contribution < 1.29 is 34.5 Å². The summed E-state index contributed by atoms with van der Waals surface area (Å²) in [6.07, 6.45) is 0. The van der Waals surface area contributed by atoms with Gasteiger partial charge in [0.25, 0.3) is 0 Å². The van der Waals surface area contributed by atoms with Crippen LogP contribution in [0.15, 0.2) is 18.2 Å². The number of carbonyl (C=O) groups is 1. The Morgan fingerprint density at radius 3 is 2.00 bits per heavy atom. The molecular formula is C15H22O7. The summed E-state index contributed by atoms with van der Waals surface area (Å²) >= 11 is 0. The van der Waals surface area contributed by atoms with Gasteiger partial charge in [-0.2, -0.15) is 15.0 Å². The van der Waals surface area contributed by atoms with Gasteiger partial charge in [0.05, 0.1) is 0 Å². The molecule has 0 bridgehead atoms. The van der Waals surface area contributed by atoms with E-state index in [0.29, 0.717) is 0 Å². The molecule has 0 radical (unpaired) electrons. The van der Waals surface area contributed by atoms with Gasteiger partial charge in [0, 0.05) is 0 Å².